The highest BCUT2D eigenvalue weighted by atomic mass is 32.2. The normalized spacial score (nSPS) is 22.0. The van der Waals surface area contributed by atoms with Crippen LogP contribution in [-0.4, -0.2) is 115 Å². The number of carbonyl (C=O) groups is 2. The summed E-state index contributed by atoms with van der Waals surface area (Å²) in [6, 6.07) is 6.31. The molecule has 2 rings (SSSR count). The number of thioether (sulfide) groups is 1. The minimum Gasteiger partial charge on any atom is -0.378 e. The summed E-state index contributed by atoms with van der Waals surface area (Å²) in [6.45, 7) is 7.52. The first kappa shape index (κ1) is 32.7. The van der Waals surface area contributed by atoms with E-state index in [9.17, 15) is 18.0 Å². The summed E-state index contributed by atoms with van der Waals surface area (Å²) in [6.07, 6.45) is 0. The molecule has 1 amide bonds. The zero-order valence-electron chi connectivity index (χ0n) is 22.4. The van der Waals surface area contributed by atoms with Crippen LogP contribution in [0.4, 0.5) is 0 Å². The minimum atomic E-state index is -3.55. The van der Waals surface area contributed by atoms with E-state index in [2.05, 4.69) is 5.32 Å². The molecule has 12 heteroatoms. The van der Waals surface area contributed by atoms with Crippen molar-refractivity contribution in [2.75, 3.05) is 89.1 Å². The van der Waals surface area contributed by atoms with Crippen LogP contribution in [-0.2, 0) is 33.5 Å². The van der Waals surface area contributed by atoms with Crippen molar-refractivity contribution < 1.29 is 41.7 Å². The van der Waals surface area contributed by atoms with Crippen molar-refractivity contribution >= 4 is 33.3 Å². The SMILES string of the molecule is CC(C)NC(=O)c1ccc(C(=O)C2CSCCOCCOCCOCCOCCOCCS(=O)(=O)C2)cc1. The van der Waals surface area contributed by atoms with Crippen LogP contribution in [0.15, 0.2) is 24.3 Å². The quantitative estimate of drug-likeness (QED) is 0.532. The average Bonchev–Trinajstić information content (AvgIpc) is 2.88. The van der Waals surface area contributed by atoms with E-state index in [4.69, 9.17) is 23.7 Å². The fraction of sp³-hybridized carbons (Fsp3) is 0.692. The topological polar surface area (TPSA) is 126 Å². The van der Waals surface area contributed by atoms with E-state index in [0.717, 1.165) is 0 Å². The lowest BCUT2D eigenvalue weighted by atomic mass is 9.99. The second-order valence-electron chi connectivity index (χ2n) is 9.02. The van der Waals surface area contributed by atoms with Crippen molar-refractivity contribution in [1.29, 1.82) is 0 Å². The molecule has 1 aliphatic rings. The van der Waals surface area contributed by atoms with Crippen LogP contribution in [0.3, 0.4) is 0 Å². The Morgan fingerprint density at radius 3 is 1.79 bits per heavy atom. The predicted octanol–water partition coefficient (Wildman–Crippen LogP) is 1.87. The molecular weight excluding hydrogens is 534 g/mol. The Morgan fingerprint density at radius 2 is 1.26 bits per heavy atom. The lowest BCUT2D eigenvalue weighted by Gasteiger charge is -2.17. The van der Waals surface area contributed by atoms with Gasteiger partial charge in [0.1, 0.15) is 0 Å². The molecule has 1 atom stereocenters. The Balaban J connectivity index is 2.01. The molecule has 1 aromatic carbocycles. The van der Waals surface area contributed by atoms with Gasteiger partial charge in [-0.3, -0.25) is 9.59 Å². The molecule has 0 aromatic heterocycles. The summed E-state index contributed by atoms with van der Waals surface area (Å²) in [5.41, 5.74) is 0.814. The molecular formula is C26H41NO9S2. The third kappa shape index (κ3) is 14.0. The van der Waals surface area contributed by atoms with Gasteiger partial charge in [-0.2, -0.15) is 11.8 Å². The maximum absolute atomic E-state index is 13.3. The highest BCUT2D eigenvalue weighted by molar-refractivity contribution is 7.99. The summed E-state index contributed by atoms with van der Waals surface area (Å²) >= 11 is 1.47. The fourth-order valence-electron chi connectivity index (χ4n) is 3.47. The molecule has 1 saturated heterocycles. The highest BCUT2D eigenvalue weighted by Gasteiger charge is 2.27. The van der Waals surface area contributed by atoms with Gasteiger partial charge in [0.2, 0.25) is 0 Å². The van der Waals surface area contributed by atoms with E-state index in [0.29, 0.717) is 75.5 Å². The van der Waals surface area contributed by atoms with Crippen molar-refractivity contribution in [2.24, 2.45) is 5.92 Å². The van der Waals surface area contributed by atoms with Gasteiger partial charge in [-0.1, -0.05) is 12.1 Å². The number of rotatable bonds is 4. The first-order valence-corrected chi connectivity index (χ1v) is 15.9. The predicted molar refractivity (Wildman–Crippen MR) is 147 cm³/mol. The van der Waals surface area contributed by atoms with Gasteiger partial charge in [-0.25, -0.2) is 8.42 Å². The van der Waals surface area contributed by atoms with E-state index < -0.39 is 15.8 Å². The van der Waals surface area contributed by atoms with Gasteiger partial charge in [0.15, 0.2) is 15.6 Å². The van der Waals surface area contributed by atoms with Gasteiger partial charge >= 0.3 is 0 Å². The van der Waals surface area contributed by atoms with E-state index >= 15 is 0 Å². The average molecular weight is 576 g/mol. The van der Waals surface area contributed by atoms with Crippen molar-refractivity contribution in [3.63, 3.8) is 0 Å². The summed E-state index contributed by atoms with van der Waals surface area (Å²) in [5.74, 6) is -0.733. The van der Waals surface area contributed by atoms with Crippen LogP contribution in [0.2, 0.25) is 0 Å². The number of nitrogens with one attached hydrogen (secondary N) is 1. The Hall–Kier alpha value is -1.54. The van der Waals surface area contributed by atoms with Crippen LogP contribution >= 0.6 is 11.8 Å². The third-order valence-electron chi connectivity index (χ3n) is 5.40. The Bertz CT molecular complexity index is 923. The third-order valence-corrected chi connectivity index (χ3v) is 8.19. The van der Waals surface area contributed by atoms with Crippen molar-refractivity contribution in [3.05, 3.63) is 35.4 Å². The number of amides is 1. The van der Waals surface area contributed by atoms with Crippen molar-refractivity contribution in [1.82, 2.24) is 5.32 Å². The summed E-state index contributed by atoms with van der Waals surface area (Å²) in [7, 11) is -3.55. The molecule has 1 aliphatic heterocycles. The molecule has 1 unspecified atom stereocenters. The second kappa shape index (κ2) is 18.7. The molecule has 0 saturated carbocycles. The highest BCUT2D eigenvalue weighted by Crippen LogP contribution is 2.19. The summed E-state index contributed by atoms with van der Waals surface area (Å²) in [4.78, 5) is 25.5. The molecule has 0 bridgehead atoms. The smallest absolute Gasteiger partial charge is 0.251 e. The van der Waals surface area contributed by atoms with Crippen LogP contribution in [0.1, 0.15) is 34.6 Å². The monoisotopic (exact) mass is 575 g/mol. The number of ketones is 1. The number of sulfone groups is 1. The van der Waals surface area contributed by atoms with Crippen molar-refractivity contribution in [2.45, 2.75) is 19.9 Å². The van der Waals surface area contributed by atoms with Crippen LogP contribution in [0.25, 0.3) is 0 Å². The number of carbonyl (C=O) groups excluding carboxylic acids is 2. The number of ether oxygens (including phenoxy) is 5. The molecule has 1 N–H and O–H groups in total. The zero-order valence-corrected chi connectivity index (χ0v) is 24.0. The van der Waals surface area contributed by atoms with Gasteiger partial charge in [-0.05, 0) is 26.0 Å². The van der Waals surface area contributed by atoms with Crippen LogP contribution in [0.5, 0.6) is 0 Å². The van der Waals surface area contributed by atoms with Gasteiger partial charge in [-0.15, -0.1) is 0 Å². The molecule has 0 spiro atoms. The lowest BCUT2D eigenvalue weighted by molar-refractivity contribution is -0.00908. The zero-order chi connectivity index (χ0) is 27.6. The number of Topliss-reactive ketones (excluding diaryl/α,β-unsaturated/α-hetero) is 1. The Morgan fingerprint density at radius 1 is 0.789 bits per heavy atom. The number of hydrogen-bond donors (Lipinski definition) is 1. The lowest BCUT2D eigenvalue weighted by Crippen LogP contribution is -2.30. The molecule has 10 nitrogen and oxygen atoms in total. The van der Waals surface area contributed by atoms with Gasteiger partial charge in [0, 0.05) is 34.6 Å². The molecule has 1 heterocycles. The standard InChI is InChI=1S/C26H41NO9S2/c1-21(2)27-26(29)23-5-3-22(4-6-23)25(28)24-19-37-17-15-35-13-11-33-9-7-32-8-10-34-12-14-36-16-18-38(30,31)20-24/h3-6,21,24H,7-20H2,1-2H3,(H,27,29). The van der Waals surface area contributed by atoms with Gasteiger partial charge < -0.3 is 29.0 Å². The summed E-state index contributed by atoms with van der Waals surface area (Å²) in [5, 5.41) is 2.81. The Labute approximate surface area is 230 Å². The van der Waals surface area contributed by atoms with Gasteiger partial charge in [0.05, 0.1) is 77.6 Å². The molecule has 0 radical (unpaired) electrons. The molecule has 0 aliphatic carbocycles. The second-order valence-corrected chi connectivity index (χ2v) is 12.4. The number of benzene rings is 1. The van der Waals surface area contributed by atoms with Crippen LogP contribution < -0.4 is 5.32 Å². The maximum Gasteiger partial charge on any atom is 0.251 e. The van der Waals surface area contributed by atoms with E-state index in [1.165, 1.54) is 11.8 Å². The van der Waals surface area contributed by atoms with E-state index in [1.54, 1.807) is 24.3 Å². The molecule has 38 heavy (non-hydrogen) atoms. The molecule has 1 aromatic rings. The van der Waals surface area contributed by atoms with Crippen molar-refractivity contribution in [3.8, 4) is 0 Å². The first-order chi connectivity index (χ1) is 18.3. The maximum atomic E-state index is 13.3. The van der Waals surface area contributed by atoms with Gasteiger partial charge in [0.25, 0.3) is 5.91 Å². The largest absolute Gasteiger partial charge is 0.378 e. The minimum absolute atomic E-state index is 0.0103. The molecule has 216 valence electrons. The number of hydrogen-bond acceptors (Lipinski definition) is 10. The fourth-order valence-corrected chi connectivity index (χ4v) is 5.99. The first-order valence-electron chi connectivity index (χ1n) is 12.9. The van der Waals surface area contributed by atoms with Crippen LogP contribution in [0, 0.1) is 5.92 Å². The summed E-state index contributed by atoms with van der Waals surface area (Å²) < 4.78 is 52.9. The Kier molecular flexibility index (Phi) is 16.1. The van der Waals surface area contributed by atoms with E-state index in [1.807, 2.05) is 13.8 Å². The molecule has 1 fully saturated rings. The van der Waals surface area contributed by atoms with E-state index in [-0.39, 0.29) is 42.5 Å².